The lowest BCUT2D eigenvalue weighted by Crippen LogP contribution is -2.54. The number of ketones is 1. The van der Waals surface area contributed by atoms with Gasteiger partial charge in [-0.15, -0.1) is 6.58 Å². The number of nitriles is 1. The minimum atomic E-state index is -0.133. The molecule has 0 heterocycles. The first-order chi connectivity index (χ1) is 12.5. The van der Waals surface area contributed by atoms with Crippen molar-refractivity contribution in [3.8, 4) is 6.07 Å². The molecule has 2 heteroatoms. The summed E-state index contributed by atoms with van der Waals surface area (Å²) in [6.07, 6.45) is 11.9. The van der Waals surface area contributed by atoms with Crippen molar-refractivity contribution in [3.05, 3.63) is 24.3 Å². The van der Waals surface area contributed by atoms with Crippen LogP contribution in [0.4, 0.5) is 0 Å². The van der Waals surface area contributed by atoms with Crippen molar-refractivity contribution in [1.82, 2.24) is 0 Å². The Morgan fingerprint density at radius 1 is 1.38 bits per heavy atom. The summed E-state index contributed by atoms with van der Waals surface area (Å²) in [7, 11) is 0. The first-order valence-corrected chi connectivity index (χ1v) is 10.8. The van der Waals surface area contributed by atoms with Gasteiger partial charge in [-0.3, -0.25) is 4.79 Å². The third-order valence-corrected chi connectivity index (χ3v) is 9.72. The van der Waals surface area contributed by atoms with Gasteiger partial charge in [0, 0.05) is 6.42 Å². The van der Waals surface area contributed by atoms with Gasteiger partial charge in [0.1, 0.15) is 0 Å². The summed E-state index contributed by atoms with van der Waals surface area (Å²) in [5.41, 5.74) is 1.50. The summed E-state index contributed by atoms with van der Waals surface area (Å²) in [6, 6.07) is 2.83. The standard InChI is InChI=1S/C24H31NO/c1-4-14-10-15-11-16(26)6-7-17(15)18-8-9-24(5-2)22(21(14)18)19-12-20(19)23(24,3)13-25/h4,11,14,17-22H,1,5-10,12H2,2-3H3/t14-,17-,18+,19+,20-,21+,22-,23-,24-/m0/s1. The zero-order chi connectivity index (χ0) is 18.3. The predicted molar refractivity (Wildman–Crippen MR) is 102 cm³/mol. The lowest BCUT2D eigenvalue weighted by Gasteiger charge is -2.59. The number of carbonyl (C=O) groups is 1. The molecule has 0 aromatic rings. The molecule has 5 aliphatic rings. The molecule has 5 aliphatic carbocycles. The van der Waals surface area contributed by atoms with Crippen LogP contribution in [0.15, 0.2) is 24.3 Å². The highest BCUT2D eigenvalue weighted by molar-refractivity contribution is 5.91. The molecule has 0 aliphatic heterocycles. The minimum absolute atomic E-state index is 0.133. The number of hydrogen-bond donors (Lipinski definition) is 0. The van der Waals surface area contributed by atoms with E-state index >= 15 is 0 Å². The highest BCUT2D eigenvalue weighted by atomic mass is 16.1. The summed E-state index contributed by atoms with van der Waals surface area (Å²) in [4.78, 5) is 12.0. The molecule has 4 saturated carbocycles. The van der Waals surface area contributed by atoms with E-state index in [1.807, 2.05) is 6.08 Å². The fraction of sp³-hybridized carbons (Fsp3) is 0.750. The summed E-state index contributed by atoms with van der Waals surface area (Å²) >= 11 is 0. The number of nitrogens with zero attached hydrogens (tertiary/aromatic N) is 1. The largest absolute Gasteiger partial charge is 0.295 e. The Morgan fingerprint density at radius 3 is 2.88 bits per heavy atom. The average Bonchev–Trinajstić information content (AvgIpc) is 3.42. The Balaban J connectivity index is 1.60. The monoisotopic (exact) mass is 349 g/mol. The van der Waals surface area contributed by atoms with E-state index in [4.69, 9.17) is 0 Å². The quantitative estimate of drug-likeness (QED) is 0.633. The highest BCUT2D eigenvalue weighted by Crippen LogP contribution is 2.80. The molecule has 0 radical (unpaired) electrons. The summed E-state index contributed by atoms with van der Waals surface area (Å²) < 4.78 is 0. The van der Waals surface area contributed by atoms with Gasteiger partial charge in [0.25, 0.3) is 0 Å². The van der Waals surface area contributed by atoms with Gasteiger partial charge in [-0.2, -0.15) is 5.26 Å². The van der Waals surface area contributed by atoms with Crippen LogP contribution in [0.3, 0.4) is 0 Å². The molecule has 0 amide bonds. The molecule has 4 fully saturated rings. The second-order valence-electron chi connectivity index (χ2n) is 10.1. The van der Waals surface area contributed by atoms with Crippen LogP contribution >= 0.6 is 0 Å². The van der Waals surface area contributed by atoms with Crippen LogP contribution < -0.4 is 0 Å². The first kappa shape index (κ1) is 16.8. The Morgan fingerprint density at radius 2 is 2.19 bits per heavy atom. The topological polar surface area (TPSA) is 40.9 Å². The van der Waals surface area contributed by atoms with Crippen molar-refractivity contribution in [2.75, 3.05) is 0 Å². The lowest BCUT2D eigenvalue weighted by molar-refractivity contribution is -0.117. The number of fused-ring (bicyclic) bond motifs is 7. The fourth-order valence-electron chi connectivity index (χ4n) is 8.61. The van der Waals surface area contributed by atoms with E-state index in [9.17, 15) is 10.1 Å². The van der Waals surface area contributed by atoms with E-state index in [1.165, 1.54) is 24.8 Å². The Labute approximate surface area is 157 Å². The van der Waals surface area contributed by atoms with Gasteiger partial charge >= 0.3 is 0 Å². The van der Waals surface area contributed by atoms with Crippen LogP contribution in [-0.2, 0) is 4.79 Å². The number of hydrogen-bond acceptors (Lipinski definition) is 2. The summed E-state index contributed by atoms with van der Waals surface area (Å²) in [6.45, 7) is 8.84. The van der Waals surface area contributed by atoms with Crippen LogP contribution in [0, 0.1) is 63.6 Å². The van der Waals surface area contributed by atoms with Crippen LogP contribution in [0.1, 0.15) is 58.8 Å². The lowest BCUT2D eigenvalue weighted by atomic mass is 9.44. The molecule has 138 valence electrons. The van der Waals surface area contributed by atoms with Crippen LogP contribution in [0.5, 0.6) is 0 Å². The van der Waals surface area contributed by atoms with Gasteiger partial charge in [-0.1, -0.05) is 18.6 Å². The van der Waals surface area contributed by atoms with Gasteiger partial charge in [-0.25, -0.2) is 0 Å². The maximum absolute atomic E-state index is 12.0. The maximum Gasteiger partial charge on any atom is 0.155 e. The third kappa shape index (κ3) is 1.81. The molecule has 9 atom stereocenters. The van der Waals surface area contributed by atoms with Crippen molar-refractivity contribution in [1.29, 1.82) is 5.26 Å². The average molecular weight is 350 g/mol. The van der Waals surface area contributed by atoms with Crippen LogP contribution in [0.25, 0.3) is 0 Å². The number of allylic oxidation sites excluding steroid dienone is 2. The molecular formula is C24H31NO. The van der Waals surface area contributed by atoms with Crippen molar-refractivity contribution in [2.45, 2.75) is 58.8 Å². The van der Waals surface area contributed by atoms with Crippen molar-refractivity contribution < 1.29 is 4.79 Å². The van der Waals surface area contributed by atoms with Crippen LogP contribution in [0.2, 0.25) is 0 Å². The third-order valence-electron chi connectivity index (χ3n) is 9.72. The van der Waals surface area contributed by atoms with Gasteiger partial charge in [-0.05, 0) is 98.4 Å². The van der Waals surface area contributed by atoms with Gasteiger partial charge < -0.3 is 0 Å². The normalized spacial score (nSPS) is 54.1. The molecule has 0 spiro atoms. The van der Waals surface area contributed by atoms with E-state index in [-0.39, 0.29) is 10.8 Å². The summed E-state index contributed by atoms with van der Waals surface area (Å²) in [5, 5.41) is 10.2. The van der Waals surface area contributed by atoms with E-state index in [2.05, 4.69) is 32.6 Å². The molecule has 0 aromatic heterocycles. The molecule has 0 aromatic carbocycles. The predicted octanol–water partition coefficient (Wildman–Crippen LogP) is 5.32. The van der Waals surface area contributed by atoms with E-state index in [0.29, 0.717) is 41.3 Å². The fourth-order valence-corrected chi connectivity index (χ4v) is 8.61. The van der Waals surface area contributed by atoms with Crippen LogP contribution in [-0.4, -0.2) is 5.78 Å². The molecule has 2 nitrogen and oxygen atoms in total. The zero-order valence-electron chi connectivity index (χ0n) is 16.2. The van der Waals surface area contributed by atoms with Gasteiger partial charge in [0.05, 0.1) is 11.5 Å². The van der Waals surface area contributed by atoms with Crippen molar-refractivity contribution >= 4 is 5.78 Å². The Kier molecular flexibility index (Phi) is 3.45. The van der Waals surface area contributed by atoms with Crippen molar-refractivity contribution in [3.63, 3.8) is 0 Å². The van der Waals surface area contributed by atoms with Crippen molar-refractivity contribution in [2.24, 2.45) is 52.3 Å². The SMILES string of the molecule is C=C[C@H]1CC2=CC(=O)CC[C@@H]2[C@H]2CC[C@@]3(CC)[C@@H]([C@@H]4C[C@@H]4[C@]3(C)C#N)[C@@H]21. The zero-order valence-corrected chi connectivity index (χ0v) is 16.2. The summed E-state index contributed by atoms with van der Waals surface area (Å²) in [5.74, 6) is 4.93. The Bertz CT molecular complexity index is 744. The number of rotatable bonds is 2. The second kappa shape index (κ2) is 5.34. The molecule has 0 N–H and O–H groups in total. The molecule has 26 heavy (non-hydrogen) atoms. The Hall–Kier alpha value is -1.36. The molecule has 0 unspecified atom stereocenters. The molecule has 0 saturated heterocycles. The number of carbonyl (C=O) groups excluding carboxylic acids is 1. The molecule has 0 bridgehead atoms. The first-order valence-electron chi connectivity index (χ1n) is 10.8. The second-order valence-corrected chi connectivity index (χ2v) is 10.1. The molecular weight excluding hydrogens is 318 g/mol. The van der Waals surface area contributed by atoms with E-state index in [1.54, 1.807) is 0 Å². The smallest absolute Gasteiger partial charge is 0.155 e. The minimum Gasteiger partial charge on any atom is -0.295 e. The highest BCUT2D eigenvalue weighted by Gasteiger charge is 2.76. The van der Waals surface area contributed by atoms with E-state index < -0.39 is 0 Å². The molecule has 5 rings (SSSR count). The maximum atomic E-state index is 12.0. The van der Waals surface area contributed by atoms with Gasteiger partial charge in [0.15, 0.2) is 5.78 Å². The van der Waals surface area contributed by atoms with E-state index in [0.717, 1.165) is 31.6 Å². The van der Waals surface area contributed by atoms with Gasteiger partial charge in [0.2, 0.25) is 0 Å².